The van der Waals surface area contributed by atoms with Crippen LogP contribution in [0.15, 0.2) is 10.7 Å². The summed E-state index contributed by atoms with van der Waals surface area (Å²) in [5.41, 5.74) is 2.02. The van der Waals surface area contributed by atoms with Gasteiger partial charge in [-0.1, -0.05) is 16.8 Å². The predicted octanol–water partition coefficient (Wildman–Crippen LogP) is 1.35. The van der Waals surface area contributed by atoms with E-state index < -0.39 is 0 Å². The van der Waals surface area contributed by atoms with E-state index in [1.54, 1.807) is 10.9 Å². The molecule has 24 heavy (non-hydrogen) atoms. The fourth-order valence-electron chi connectivity index (χ4n) is 2.98. The highest BCUT2D eigenvalue weighted by Gasteiger charge is 2.15. The first kappa shape index (κ1) is 16.6. The first-order valence-electron chi connectivity index (χ1n) is 8.47. The van der Waals surface area contributed by atoms with Crippen LogP contribution in [-0.2, 0) is 13.1 Å². The molecule has 3 rings (SSSR count). The van der Waals surface area contributed by atoms with E-state index >= 15 is 0 Å². The van der Waals surface area contributed by atoms with Gasteiger partial charge in [-0.05, 0) is 39.7 Å². The molecular weight excluding hydrogens is 308 g/mol. The lowest BCUT2D eigenvalue weighted by molar-refractivity contribution is 0.0945. The molecule has 8 heteroatoms. The van der Waals surface area contributed by atoms with E-state index in [0.29, 0.717) is 18.3 Å². The molecule has 8 nitrogen and oxygen atoms in total. The van der Waals surface area contributed by atoms with E-state index in [-0.39, 0.29) is 5.91 Å². The Bertz CT molecular complexity index is 667. The van der Waals surface area contributed by atoms with Crippen LogP contribution in [0, 0.1) is 13.8 Å². The summed E-state index contributed by atoms with van der Waals surface area (Å²) in [6.45, 7) is 5.92. The second-order valence-electron chi connectivity index (χ2n) is 6.29. The summed E-state index contributed by atoms with van der Waals surface area (Å²) in [5.74, 6) is 0.480. The van der Waals surface area contributed by atoms with E-state index in [1.165, 1.54) is 19.3 Å². The van der Waals surface area contributed by atoms with E-state index in [0.717, 1.165) is 36.5 Å². The molecular formula is C16H24N6O2. The molecule has 1 fully saturated rings. The lowest BCUT2D eigenvalue weighted by Gasteiger charge is -2.23. The van der Waals surface area contributed by atoms with E-state index in [4.69, 9.17) is 4.52 Å². The Labute approximate surface area is 141 Å². The van der Waals surface area contributed by atoms with E-state index in [2.05, 4.69) is 26.1 Å². The van der Waals surface area contributed by atoms with Crippen LogP contribution in [0.3, 0.4) is 0 Å². The van der Waals surface area contributed by atoms with Crippen LogP contribution in [0.2, 0.25) is 0 Å². The maximum Gasteiger partial charge on any atom is 0.273 e. The molecule has 1 saturated heterocycles. The summed E-state index contributed by atoms with van der Waals surface area (Å²) >= 11 is 0. The normalized spacial score (nSPS) is 17.8. The highest BCUT2D eigenvalue weighted by Crippen LogP contribution is 2.12. The molecule has 2 N–H and O–H groups in total. The third-order valence-electron chi connectivity index (χ3n) is 4.50. The zero-order valence-electron chi connectivity index (χ0n) is 14.2. The summed E-state index contributed by atoms with van der Waals surface area (Å²) in [5, 5.41) is 18.2. The third kappa shape index (κ3) is 4.00. The van der Waals surface area contributed by atoms with Crippen LogP contribution in [0.5, 0.6) is 0 Å². The summed E-state index contributed by atoms with van der Waals surface area (Å²) in [4.78, 5) is 12.2. The van der Waals surface area contributed by atoms with Crippen molar-refractivity contribution in [2.24, 2.45) is 0 Å². The minimum atomic E-state index is -0.239. The largest absolute Gasteiger partial charge is 0.361 e. The third-order valence-corrected chi connectivity index (χ3v) is 4.50. The van der Waals surface area contributed by atoms with Gasteiger partial charge in [0.25, 0.3) is 5.91 Å². The summed E-state index contributed by atoms with van der Waals surface area (Å²) < 4.78 is 6.82. The maximum atomic E-state index is 12.2. The highest BCUT2D eigenvalue weighted by atomic mass is 16.5. The van der Waals surface area contributed by atoms with Gasteiger partial charge in [0.1, 0.15) is 5.76 Å². The smallest absolute Gasteiger partial charge is 0.273 e. The van der Waals surface area contributed by atoms with Gasteiger partial charge < -0.3 is 15.2 Å². The first-order valence-corrected chi connectivity index (χ1v) is 8.47. The van der Waals surface area contributed by atoms with Crippen molar-refractivity contribution in [2.75, 3.05) is 6.54 Å². The van der Waals surface area contributed by atoms with Crippen molar-refractivity contribution in [3.05, 3.63) is 28.9 Å². The number of nitrogens with zero attached hydrogens (tertiary/aromatic N) is 4. The predicted molar refractivity (Wildman–Crippen MR) is 87.4 cm³/mol. The van der Waals surface area contributed by atoms with Crippen molar-refractivity contribution in [1.82, 2.24) is 30.8 Å². The Kier molecular flexibility index (Phi) is 5.24. The molecule has 2 aromatic heterocycles. The Morgan fingerprint density at radius 1 is 1.46 bits per heavy atom. The fraction of sp³-hybridized carbons (Fsp3) is 0.625. The zero-order valence-corrected chi connectivity index (χ0v) is 14.2. The molecule has 130 valence electrons. The molecule has 1 amide bonds. The van der Waals surface area contributed by atoms with Gasteiger partial charge in [0.2, 0.25) is 0 Å². The second kappa shape index (κ2) is 7.57. The monoisotopic (exact) mass is 332 g/mol. The van der Waals surface area contributed by atoms with Crippen molar-refractivity contribution < 1.29 is 9.32 Å². The average Bonchev–Trinajstić information content (AvgIpc) is 3.19. The molecule has 0 spiro atoms. The Hall–Kier alpha value is -2.22. The van der Waals surface area contributed by atoms with Gasteiger partial charge in [0, 0.05) is 24.7 Å². The number of nitrogens with one attached hydrogen (secondary N) is 2. The van der Waals surface area contributed by atoms with E-state index in [1.807, 2.05) is 13.8 Å². The molecule has 0 bridgehead atoms. The van der Waals surface area contributed by atoms with Crippen molar-refractivity contribution in [3.8, 4) is 0 Å². The fourth-order valence-corrected chi connectivity index (χ4v) is 2.98. The van der Waals surface area contributed by atoms with Gasteiger partial charge >= 0.3 is 0 Å². The van der Waals surface area contributed by atoms with Gasteiger partial charge in [0.15, 0.2) is 5.69 Å². The highest BCUT2D eigenvalue weighted by molar-refractivity contribution is 5.91. The van der Waals surface area contributed by atoms with Gasteiger partial charge in [-0.25, -0.2) is 0 Å². The molecule has 1 atom stereocenters. The zero-order chi connectivity index (χ0) is 16.9. The van der Waals surface area contributed by atoms with E-state index in [9.17, 15) is 4.79 Å². The minimum Gasteiger partial charge on any atom is -0.361 e. The van der Waals surface area contributed by atoms with Crippen molar-refractivity contribution in [1.29, 1.82) is 0 Å². The van der Waals surface area contributed by atoms with Crippen LogP contribution >= 0.6 is 0 Å². The molecule has 0 aromatic carbocycles. The first-order chi connectivity index (χ1) is 11.6. The number of aromatic nitrogens is 4. The van der Waals surface area contributed by atoms with Crippen LogP contribution < -0.4 is 10.6 Å². The molecule has 0 unspecified atom stereocenters. The number of rotatable bonds is 6. The van der Waals surface area contributed by atoms with Crippen LogP contribution in [0.25, 0.3) is 0 Å². The van der Waals surface area contributed by atoms with Gasteiger partial charge in [-0.3, -0.25) is 9.48 Å². The molecule has 2 aromatic rings. The van der Waals surface area contributed by atoms with Crippen LogP contribution in [0.4, 0.5) is 0 Å². The summed E-state index contributed by atoms with van der Waals surface area (Å²) in [6, 6.07) is 0.541. The number of aryl methyl sites for hydroxylation is 3. The molecule has 1 aliphatic rings. The Morgan fingerprint density at radius 2 is 2.33 bits per heavy atom. The van der Waals surface area contributed by atoms with Crippen molar-refractivity contribution in [2.45, 2.75) is 58.7 Å². The average molecular weight is 332 g/mol. The minimum absolute atomic E-state index is 0.239. The lowest BCUT2D eigenvalue weighted by atomic mass is 10.0. The second-order valence-corrected chi connectivity index (χ2v) is 6.29. The summed E-state index contributed by atoms with van der Waals surface area (Å²) in [7, 11) is 0. The number of piperidine rings is 1. The number of carbonyl (C=O) groups excluding carboxylic acids is 1. The molecule has 1 aliphatic heterocycles. The number of hydrogen-bond acceptors (Lipinski definition) is 6. The molecule has 0 saturated carbocycles. The lowest BCUT2D eigenvalue weighted by Crippen LogP contribution is -2.34. The molecule has 0 radical (unpaired) electrons. The number of carbonyl (C=O) groups is 1. The SMILES string of the molecule is Cc1noc(C)c1CNC(=O)c1cn(CC[C@@H]2CCCCN2)nn1. The molecule has 3 heterocycles. The Balaban J connectivity index is 1.50. The number of amides is 1. The standard InChI is InChI=1S/C16H24N6O2/c1-11-14(12(2)24-20-11)9-18-16(23)15-10-22(21-19-15)8-6-13-5-3-4-7-17-13/h10,13,17H,3-9H2,1-2H3,(H,18,23)/t13-/m0/s1. The van der Waals surface area contributed by atoms with Crippen molar-refractivity contribution in [3.63, 3.8) is 0 Å². The summed E-state index contributed by atoms with van der Waals surface area (Å²) in [6.07, 6.45) is 6.45. The topological polar surface area (TPSA) is 97.9 Å². The molecule has 0 aliphatic carbocycles. The van der Waals surface area contributed by atoms with Gasteiger partial charge in [-0.15, -0.1) is 5.10 Å². The van der Waals surface area contributed by atoms with Gasteiger partial charge in [0.05, 0.1) is 11.9 Å². The maximum absolute atomic E-state index is 12.2. The Morgan fingerprint density at radius 3 is 3.04 bits per heavy atom. The van der Waals surface area contributed by atoms with Crippen LogP contribution in [-0.4, -0.2) is 38.6 Å². The van der Waals surface area contributed by atoms with Crippen molar-refractivity contribution >= 4 is 5.91 Å². The van der Waals surface area contributed by atoms with Crippen LogP contribution in [0.1, 0.15) is 53.2 Å². The van der Waals surface area contributed by atoms with Gasteiger partial charge in [-0.2, -0.15) is 0 Å². The number of hydrogen-bond donors (Lipinski definition) is 2. The quantitative estimate of drug-likeness (QED) is 0.828.